The van der Waals surface area contributed by atoms with Gasteiger partial charge >= 0.3 is 0 Å². The molecule has 1 saturated carbocycles. The summed E-state index contributed by atoms with van der Waals surface area (Å²) in [5.74, 6) is -0.326. The Bertz CT molecular complexity index is 489. The fourth-order valence-electron chi connectivity index (χ4n) is 3.10. The van der Waals surface area contributed by atoms with E-state index in [4.69, 9.17) is 18.0 Å². The van der Waals surface area contributed by atoms with Crippen LogP contribution in [-0.2, 0) is 6.54 Å². The second kappa shape index (κ2) is 7.82. The molecule has 1 aromatic carbocycles. The molecule has 1 aromatic rings. The molecule has 0 saturated heterocycles. The van der Waals surface area contributed by atoms with Gasteiger partial charge in [0.15, 0.2) is 0 Å². The van der Waals surface area contributed by atoms with Crippen LogP contribution in [-0.4, -0.2) is 34.2 Å². The molecule has 1 aliphatic rings. The van der Waals surface area contributed by atoms with E-state index in [0.29, 0.717) is 24.7 Å². The third-order valence-electron chi connectivity index (χ3n) is 4.19. The van der Waals surface area contributed by atoms with Crippen LogP contribution in [0.5, 0.6) is 0 Å². The predicted molar refractivity (Wildman–Crippen MR) is 86.7 cm³/mol. The number of nitrogens with two attached hydrogens (primary N) is 1. The first-order valence-corrected chi connectivity index (χ1v) is 7.95. The number of nitrogens with zero attached hydrogens (tertiary/aromatic N) is 1. The minimum Gasteiger partial charge on any atom is -0.395 e. The zero-order chi connectivity index (χ0) is 15.2. The Morgan fingerprint density at radius 1 is 1.33 bits per heavy atom. The van der Waals surface area contributed by atoms with Crippen molar-refractivity contribution in [3.63, 3.8) is 0 Å². The van der Waals surface area contributed by atoms with Crippen molar-refractivity contribution in [2.45, 2.75) is 44.7 Å². The lowest BCUT2D eigenvalue weighted by atomic mass is 9.93. The van der Waals surface area contributed by atoms with E-state index in [-0.39, 0.29) is 17.4 Å². The Labute approximate surface area is 130 Å². The lowest BCUT2D eigenvalue weighted by Crippen LogP contribution is -2.38. The second-order valence-electron chi connectivity index (χ2n) is 5.65. The summed E-state index contributed by atoms with van der Waals surface area (Å²) in [5, 5.41) is 9.32. The summed E-state index contributed by atoms with van der Waals surface area (Å²) in [6, 6.07) is 5.07. The number of aliphatic hydroxyl groups excluding tert-OH is 1. The Morgan fingerprint density at radius 3 is 2.67 bits per heavy atom. The van der Waals surface area contributed by atoms with Crippen molar-refractivity contribution in [3.8, 4) is 0 Å². The van der Waals surface area contributed by atoms with E-state index in [1.165, 1.54) is 31.4 Å². The van der Waals surface area contributed by atoms with Gasteiger partial charge < -0.3 is 10.8 Å². The summed E-state index contributed by atoms with van der Waals surface area (Å²) >= 11 is 5.03. The van der Waals surface area contributed by atoms with Crippen LogP contribution in [0, 0.1) is 5.82 Å². The van der Waals surface area contributed by atoms with Crippen LogP contribution in [0.25, 0.3) is 0 Å². The second-order valence-corrected chi connectivity index (χ2v) is 6.09. The number of rotatable bonds is 6. The Morgan fingerprint density at radius 2 is 2.05 bits per heavy atom. The SMILES string of the molecule is NC(=S)c1cc(F)ccc1CN(CCO)C1CCCCC1. The smallest absolute Gasteiger partial charge is 0.123 e. The Hall–Kier alpha value is -1.04. The average Bonchev–Trinajstić information content (AvgIpc) is 2.49. The number of hydrogen-bond acceptors (Lipinski definition) is 3. The lowest BCUT2D eigenvalue weighted by Gasteiger charge is -2.34. The van der Waals surface area contributed by atoms with Crippen molar-refractivity contribution in [3.05, 3.63) is 35.1 Å². The highest BCUT2D eigenvalue weighted by molar-refractivity contribution is 7.80. The van der Waals surface area contributed by atoms with Gasteiger partial charge in [-0.15, -0.1) is 0 Å². The standard InChI is InChI=1S/C16H23FN2OS/c17-13-7-6-12(15(10-13)16(18)21)11-19(8-9-20)14-4-2-1-3-5-14/h6-7,10,14,20H,1-5,8-9,11H2,(H2,18,21). The van der Waals surface area contributed by atoms with Crippen LogP contribution < -0.4 is 5.73 Å². The minimum absolute atomic E-state index is 0.125. The average molecular weight is 310 g/mol. The van der Waals surface area contributed by atoms with Gasteiger partial charge in [-0.1, -0.05) is 37.5 Å². The van der Waals surface area contributed by atoms with Crippen molar-refractivity contribution in [1.82, 2.24) is 4.90 Å². The molecular weight excluding hydrogens is 287 g/mol. The van der Waals surface area contributed by atoms with Crippen LogP contribution in [0.2, 0.25) is 0 Å². The van der Waals surface area contributed by atoms with Crippen molar-refractivity contribution in [2.75, 3.05) is 13.2 Å². The van der Waals surface area contributed by atoms with Crippen molar-refractivity contribution in [2.24, 2.45) is 5.73 Å². The molecule has 0 unspecified atom stereocenters. The van der Waals surface area contributed by atoms with E-state index in [1.54, 1.807) is 6.07 Å². The van der Waals surface area contributed by atoms with Crippen LogP contribution in [0.3, 0.4) is 0 Å². The van der Waals surface area contributed by atoms with Gasteiger partial charge in [0.2, 0.25) is 0 Å². The molecule has 0 amide bonds. The molecule has 3 N–H and O–H groups in total. The molecule has 0 atom stereocenters. The summed E-state index contributed by atoms with van der Waals surface area (Å²) in [7, 11) is 0. The molecule has 0 radical (unpaired) electrons. The van der Waals surface area contributed by atoms with Crippen LogP contribution in [0.1, 0.15) is 43.2 Å². The molecule has 21 heavy (non-hydrogen) atoms. The third-order valence-corrected chi connectivity index (χ3v) is 4.41. The maximum absolute atomic E-state index is 13.4. The van der Waals surface area contributed by atoms with Gasteiger partial charge in [-0.3, -0.25) is 4.90 Å². The van der Waals surface area contributed by atoms with Gasteiger partial charge in [-0.05, 0) is 30.5 Å². The minimum atomic E-state index is -0.326. The molecule has 5 heteroatoms. The largest absolute Gasteiger partial charge is 0.395 e. The normalized spacial score (nSPS) is 16.3. The van der Waals surface area contributed by atoms with Gasteiger partial charge in [0.1, 0.15) is 10.8 Å². The zero-order valence-corrected chi connectivity index (χ0v) is 13.0. The first-order chi connectivity index (χ1) is 10.1. The third kappa shape index (κ3) is 4.46. The van der Waals surface area contributed by atoms with Gasteiger partial charge in [-0.2, -0.15) is 0 Å². The topological polar surface area (TPSA) is 49.5 Å². The highest BCUT2D eigenvalue weighted by Gasteiger charge is 2.22. The molecule has 0 aliphatic heterocycles. The van der Waals surface area contributed by atoms with E-state index in [0.717, 1.165) is 18.4 Å². The predicted octanol–water partition coefficient (Wildman–Crippen LogP) is 2.59. The molecule has 116 valence electrons. The molecular formula is C16H23FN2OS. The van der Waals surface area contributed by atoms with E-state index in [1.807, 2.05) is 0 Å². The monoisotopic (exact) mass is 310 g/mol. The number of aliphatic hydroxyl groups is 1. The highest BCUT2D eigenvalue weighted by atomic mass is 32.1. The van der Waals surface area contributed by atoms with Crippen LogP contribution in [0.4, 0.5) is 4.39 Å². The molecule has 1 aliphatic carbocycles. The molecule has 2 rings (SSSR count). The summed E-state index contributed by atoms with van der Waals surface area (Å²) in [6.07, 6.45) is 6.07. The zero-order valence-electron chi connectivity index (χ0n) is 12.2. The van der Waals surface area contributed by atoms with Crippen molar-refractivity contribution >= 4 is 17.2 Å². The fourth-order valence-corrected chi connectivity index (χ4v) is 3.29. The summed E-state index contributed by atoms with van der Waals surface area (Å²) < 4.78 is 13.4. The molecule has 0 spiro atoms. The van der Waals surface area contributed by atoms with Gasteiger partial charge in [0, 0.05) is 24.7 Å². The van der Waals surface area contributed by atoms with E-state index in [9.17, 15) is 9.50 Å². The van der Waals surface area contributed by atoms with Gasteiger partial charge in [0.05, 0.1) is 6.61 Å². The quantitative estimate of drug-likeness (QED) is 0.793. The number of hydrogen-bond donors (Lipinski definition) is 2. The maximum Gasteiger partial charge on any atom is 0.123 e. The molecule has 0 heterocycles. The maximum atomic E-state index is 13.4. The van der Waals surface area contributed by atoms with Gasteiger partial charge in [0.25, 0.3) is 0 Å². The van der Waals surface area contributed by atoms with Gasteiger partial charge in [-0.25, -0.2) is 4.39 Å². The summed E-state index contributed by atoms with van der Waals surface area (Å²) in [5.41, 5.74) is 7.24. The Balaban J connectivity index is 2.17. The fraction of sp³-hybridized carbons (Fsp3) is 0.562. The number of benzene rings is 1. The molecule has 0 bridgehead atoms. The van der Waals surface area contributed by atoms with Crippen molar-refractivity contribution in [1.29, 1.82) is 0 Å². The highest BCUT2D eigenvalue weighted by Crippen LogP contribution is 2.25. The summed E-state index contributed by atoms with van der Waals surface area (Å²) in [4.78, 5) is 2.49. The number of halogens is 1. The first-order valence-electron chi connectivity index (χ1n) is 7.55. The van der Waals surface area contributed by atoms with Crippen LogP contribution in [0.15, 0.2) is 18.2 Å². The molecule has 0 aromatic heterocycles. The molecule has 1 fully saturated rings. The Kier molecular flexibility index (Phi) is 6.08. The van der Waals surface area contributed by atoms with E-state index in [2.05, 4.69) is 4.90 Å². The molecule has 3 nitrogen and oxygen atoms in total. The van der Waals surface area contributed by atoms with Crippen molar-refractivity contribution < 1.29 is 9.50 Å². The van der Waals surface area contributed by atoms with Crippen LogP contribution >= 0.6 is 12.2 Å². The lowest BCUT2D eigenvalue weighted by molar-refractivity contribution is 0.117. The summed E-state index contributed by atoms with van der Waals surface area (Å²) in [6.45, 7) is 1.40. The van der Waals surface area contributed by atoms with E-state index < -0.39 is 0 Å². The van der Waals surface area contributed by atoms with E-state index >= 15 is 0 Å². The first kappa shape index (κ1) is 16.3. The number of thiocarbonyl (C=S) groups is 1.